The van der Waals surface area contributed by atoms with Crippen molar-refractivity contribution < 1.29 is 0 Å². The second kappa shape index (κ2) is 8.38. The zero-order chi connectivity index (χ0) is 17.7. The van der Waals surface area contributed by atoms with Crippen LogP contribution in [-0.4, -0.2) is 24.5 Å². The Hall–Kier alpha value is -1.02. The Labute approximate surface area is 149 Å². The van der Waals surface area contributed by atoms with E-state index in [-0.39, 0.29) is 5.41 Å². The molecule has 1 fully saturated rings. The molecule has 2 N–H and O–H groups in total. The van der Waals surface area contributed by atoms with Crippen molar-refractivity contribution in [1.82, 2.24) is 4.90 Å². The van der Waals surface area contributed by atoms with Crippen molar-refractivity contribution in [3.05, 3.63) is 29.3 Å². The van der Waals surface area contributed by atoms with Crippen molar-refractivity contribution >= 4 is 5.69 Å². The third-order valence-electron chi connectivity index (χ3n) is 6.27. The molecule has 1 aromatic carbocycles. The van der Waals surface area contributed by atoms with Crippen LogP contribution in [0.4, 0.5) is 5.69 Å². The number of para-hydroxylation sites is 1. The summed E-state index contributed by atoms with van der Waals surface area (Å²) in [6, 6.07) is 6.64. The average molecular weight is 331 g/mol. The number of nitrogens with two attached hydrogens (primary N) is 1. The predicted molar refractivity (Wildman–Crippen MR) is 106 cm³/mol. The predicted octanol–water partition coefficient (Wildman–Crippen LogP) is 5.26. The highest BCUT2D eigenvalue weighted by Crippen LogP contribution is 2.42. The van der Waals surface area contributed by atoms with Gasteiger partial charge in [0.1, 0.15) is 0 Å². The molecule has 1 aliphatic rings. The second-order valence-corrected chi connectivity index (χ2v) is 8.49. The Morgan fingerprint density at radius 3 is 2.67 bits per heavy atom. The van der Waals surface area contributed by atoms with E-state index in [1.807, 2.05) is 0 Å². The number of unbranched alkanes of at least 4 members (excludes halogenated alkanes) is 1. The fourth-order valence-corrected chi connectivity index (χ4v) is 4.23. The fraction of sp³-hybridized carbons (Fsp3) is 0.727. The molecule has 1 heterocycles. The molecule has 0 saturated carbocycles. The summed E-state index contributed by atoms with van der Waals surface area (Å²) in [6.07, 6.45) is 6.31. The number of piperidine rings is 1. The molecule has 136 valence electrons. The first-order chi connectivity index (χ1) is 11.4. The topological polar surface area (TPSA) is 29.3 Å². The molecule has 0 spiro atoms. The van der Waals surface area contributed by atoms with Crippen LogP contribution in [0.2, 0.25) is 0 Å². The molecule has 0 aromatic heterocycles. The molecule has 0 amide bonds. The van der Waals surface area contributed by atoms with Crippen LogP contribution in [0.5, 0.6) is 0 Å². The Morgan fingerprint density at radius 2 is 2.04 bits per heavy atom. The number of rotatable bonds is 7. The summed E-state index contributed by atoms with van der Waals surface area (Å²) in [5.41, 5.74) is 10.5. The lowest BCUT2D eigenvalue weighted by Gasteiger charge is -2.45. The lowest BCUT2D eigenvalue weighted by molar-refractivity contribution is 0.109. The van der Waals surface area contributed by atoms with Gasteiger partial charge in [-0.1, -0.05) is 65.7 Å². The van der Waals surface area contributed by atoms with Crippen molar-refractivity contribution in [2.75, 3.05) is 25.4 Å². The largest absolute Gasteiger partial charge is 0.398 e. The first kappa shape index (κ1) is 19.3. The molecule has 1 saturated heterocycles. The first-order valence-electron chi connectivity index (χ1n) is 9.98. The van der Waals surface area contributed by atoms with Gasteiger partial charge in [0.05, 0.1) is 0 Å². The number of nitrogen functional groups attached to an aromatic ring is 1. The summed E-state index contributed by atoms with van der Waals surface area (Å²) in [7, 11) is 0. The highest BCUT2D eigenvalue weighted by molar-refractivity contribution is 5.57. The number of likely N-dealkylation sites (tertiary alicyclic amines) is 1. The quantitative estimate of drug-likeness (QED) is 0.546. The zero-order valence-electron chi connectivity index (χ0n) is 16.6. The van der Waals surface area contributed by atoms with E-state index in [0.29, 0.717) is 5.92 Å². The van der Waals surface area contributed by atoms with Gasteiger partial charge >= 0.3 is 0 Å². The number of hydrogen-bond donors (Lipinski definition) is 1. The molecule has 2 rings (SSSR count). The third kappa shape index (κ3) is 4.33. The molecule has 2 atom stereocenters. The Morgan fingerprint density at radius 1 is 1.29 bits per heavy atom. The van der Waals surface area contributed by atoms with Crippen LogP contribution in [0.15, 0.2) is 18.2 Å². The van der Waals surface area contributed by atoms with E-state index >= 15 is 0 Å². The maximum absolute atomic E-state index is 6.52. The van der Waals surface area contributed by atoms with E-state index in [2.05, 4.69) is 57.7 Å². The molecule has 1 aromatic rings. The van der Waals surface area contributed by atoms with Gasteiger partial charge in [-0.2, -0.15) is 0 Å². The number of anilines is 1. The SMILES string of the molecule is CCc1cccc(C2(C)CCN(CCCCC(C)C)CC2C)c1N. The Balaban J connectivity index is 1.99. The highest BCUT2D eigenvalue weighted by atomic mass is 15.1. The van der Waals surface area contributed by atoms with Crippen molar-refractivity contribution in [3.63, 3.8) is 0 Å². The minimum Gasteiger partial charge on any atom is -0.398 e. The Kier molecular flexibility index (Phi) is 6.74. The van der Waals surface area contributed by atoms with Crippen molar-refractivity contribution in [1.29, 1.82) is 0 Å². The summed E-state index contributed by atoms with van der Waals surface area (Å²) < 4.78 is 0. The maximum Gasteiger partial charge on any atom is 0.0384 e. The molecule has 2 nitrogen and oxygen atoms in total. The van der Waals surface area contributed by atoms with E-state index < -0.39 is 0 Å². The lowest BCUT2D eigenvalue weighted by atomic mass is 9.67. The fourth-order valence-electron chi connectivity index (χ4n) is 4.23. The number of nitrogens with zero attached hydrogens (tertiary/aromatic N) is 1. The smallest absolute Gasteiger partial charge is 0.0384 e. The number of benzene rings is 1. The van der Waals surface area contributed by atoms with Gasteiger partial charge < -0.3 is 10.6 Å². The molecule has 0 aliphatic carbocycles. The standard InChI is InChI=1S/C22H38N2/c1-6-19-11-9-12-20(21(19)23)22(5)13-15-24(16-18(22)4)14-8-7-10-17(2)3/h9,11-12,17-18H,6-8,10,13-16,23H2,1-5H3. The van der Waals surface area contributed by atoms with Crippen molar-refractivity contribution in [2.45, 2.75) is 72.1 Å². The van der Waals surface area contributed by atoms with E-state index in [0.717, 1.165) is 18.0 Å². The molecule has 2 unspecified atom stereocenters. The van der Waals surface area contributed by atoms with Gasteiger partial charge in [-0.05, 0) is 60.7 Å². The van der Waals surface area contributed by atoms with Crippen LogP contribution < -0.4 is 5.73 Å². The first-order valence-corrected chi connectivity index (χ1v) is 9.98. The van der Waals surface area contributed by atoms with Gasteiger partial charge in [-0.25, -0.2) is 0 Å². The van der Waals surface area contributed by atoms with Crippen LogP contribution in [0.1, 0.15) is 71.4 Å². The number of aryl methyl sites for hydroxylation is 1. The van der Waals surface area contributed by atoms with E-state index in [1.54, 1.807) is 0 Å². The van der Waals surface area contributed by atoms with Gasteiger partial charge in [0, 0.05) is 12.2 Å². The van der Waals surface area contributed by atoms with E-state index in [1.165, 1.54) is 56.4 Å². The molecule has 1 aliphatic heterocycles. The van der Waals surface area contributed by atoms with Crippen LogP contribution in [0, 0.1) is 11.8 Å². The van der Waals surface area contributed by atoms with E-state index in [9.17, 15) is 0 Å². The second-order valence-electron chi connectivity index (χ2n) is 8.49. The zero-order valence-corrected chi connectivity index (χ0v) is 16.6. The molecule has 24 heavy (non-hydrogen) atoms. The molecule has 0 bridgehead atoms. The van der Waals surface area contributed by atoms with Crippen LogP contribution >= 0.6 is 0 Å². The van der Waals surface area contributed by atoms with Crippen molar-refractivity contribution in [3.8, 4) is 0 Å². The molecular formula is C22H38N2. The monoisotopic (exact) mass is 330 g/mol. The summed E-state index contributed by atoms with van der Waals surface area (Å²) in [5, 5.41) is 0. The highest BCUT2D eigenvalue weighted by Gasteiger charge is 2.39. The summed E-state index contributed by atoms with van der Waals surface area (Å²) in [5.74, 6) is 1.48. The minimum absolute atomic E-state index is 0.212. The van der Waals surface area contributed by atoms with Gasteiger partial charge in [-0.3, -0.25) is 0 Å². The summed E-state index contributed by atoms with van der Waals surface area (Å²) >= 11 is 0. The third-order valence-corrected chi connectivity index (χ3v) is 6.27. The van der Waals surface area contributed by atoms with Crippen LogP contribution in [0.25, 0.3) is 0 Å². The molecule has 2 heteroatoms. The maximum atomic E-state index is 6.52. The summed E-state index contributed by atoms with van der Waals surface area (Å²) in [6.45, 7) is 15.4. The molecular weight excluding hydrogens is 292 g/mol. The summed E-state index contributed by atoms with van der Waals surface area (Å²) in [4.78, 5) is 2.67. The van der Waals surface area contributed by atoms with Crippen LogP contribution in [0.3, 0.4) is 0 Å². The van der Waals surface area contributed by atoms with Gasteiger partial charge in [0.2, 0.25) is 0 Å². The van der Waals surface area contributed by atoms with E-state index in [4.69, 9.17) is 5.73 Å². The van der Waals surface area contributed by atoms with Gasteiger partial charge in [0.25, 0.3) is 0 Å². The average Bonchev–Trinajstić information content (AvgIpc) is 2.55. The number of hydrogen-bond acceptors (Lipinski definition) is 2. The Bertz CT molecular complexity index is 523. The van der Waals surface area contributed by atoms with Gasteiger partial charge in [0.15, 0.2) is 0 Å². The lowest BCUT2D eigenvalue weighted by Crippen LogP contribution is -2.47. The van der Waals surface area contributed by atoms with Crippen molar-refractivity contribution in [2.24, 2.45) is 11.8 Å². The van der Waals surface area contributed by atoms with Gasteiger partial charge in [-0.15, -0.1) is 0 Å². The van der Waals surface area contributed by atoms with Crippen LogP contribution in [-0.2, 0) is 11.8 Å². The molecule has 0 radical (unpaired) electrons. The minimum atomic E-state index is 0.212. The normalized spacial score (nSPS) is 25.3.